The molecule has 0 spiro atoms. The molecule has 1 saturated heterocycles. The molecular formula is C13H21N3. The summed E-state index contributed by atoms with van der Waals surface area (Å²) in [5, 5.41) is 3.46. The quantitative estimate of drug-likeness (QED) is 0.765. The van der Waals surface area contributed by atoms with Gasteiger partial charge in [0, 0.05) is 12.6 Å². The highest BCUT2D eigenvalue weighted by molar-refractivity contribution is 5.69. The summed E-state index contributed by atoms with van der Waals surface area (Å²) in [6.45, 7) is 4.25. The van der Waals surface area contributed by atoms with Gasteiger partial charge in [-0.1, -0.05) is 12.1 Å². The van der Waals surface area contributed by atoms with E-state index in [1.54, 1.807) is 0 Å². The molecular weight excluding hydrogens is 198 g/mol. The average Bonchev–Trinajstić information content (AvgIpc) is 2.67. The minimum absolute atomic E-state index is 0.653. The van der Waals surface area contributed by atoms with Gasteiger partial charge >= 0.3 is 0 Å². The van der Waals surface area contributed by atoms with Crippen molar-refractivity contribution in [1.82, 2.24) is 4.90 Å². The first-order valence-electron chi connectivity index (χ1n) is 5.97. The number of aryl methyl sites for hydroxylation is 1. The molecule has 0 radical (unpaired) electrons. The van der Waals surface area contributed by atoms with E-state index in [0.717, 1.165) is 23.5 Å². The van der Waals surface area contributed by atoms with Crippen LogP contribution in [0.25, 0.3) is 0 Å². The first-order chi connectivity index (χ1) is 7.68. The molecule has 1 aromatic carbocycles. The highest BCUT2D eigenvalue weighted by Gasteiger charge is 2.20. The Morgan fingerprint density at radius 3 is 3.00 bits per heavy atom. The molecule has 1 aliphatic heterocycles. The Balaban J connectivity index is 1.96. The monoisotopic (exact) mass is 219 g/mol. The zero-order valence-electron chi connectivity index (χ0n) is 10.2. The van der Waals surface area contributed by atoms with E-state index in [0.29, 0.717) is 6.04 Å². The topological polar surface area (TPSA) is 41.3 Å². The van der Waals surface area contributed by atoms with E-state index in [-0.39, 0.29) is 0 Å². The van der Waals surface area contributed by atoms with Crippen molar-refractivity contribution in [1.29, 1.82) is 0 Å². The van der Waals surface area contributed by atoms with Crippen LogP contribution in [0.5, 0.6) is 0 Å². The Bertz CT molecular complexity index is 362. The number of anilines is 2. The van der Waals surface area contributed by atoms with Crippen molar-refractivity contribution in [3.05, 3.63) is 23.8 Å². The summed E-state index contributed by atoms with van der Waals surface area (Å²) in [6.07, 6.45) is 2.60. The van der Waals surface area contributed by atoms with Crippen molar-refractivity contribution in [2.45, 2.75) is 25.8 Å². The molecule has 1 fully saturated rings. The molecule has 0 aliphatic carbocycles. The second-order valence-electron chi connectivity index (χ2n) is 4.69. The molecule has 1 aliphatic rings. The third-order valence-corrected chi connectivity index (χ3v) is 3.52. The number of hydrogen-bond acceptors (Lipinski definition) is 3. The molecule has 16 heavy (non-hydrogen) atoms. The minimum atomic E-state index is 0.653. The lowest BCUT2D eigenvalue weighted by Gasteiger charge is -2.21. The maximum absolute atomic E-state index is 6.03. The molecule has 0 amide bonds. The summed E-state index contributed by atoms with van der Waals surface area (Å²) >= 11 is 0. The van der Waals surface area contributed by atoms with Crippen LogP contribution in [0.2, 0.25) is 0 Å². The van der Waals surface area contributed by atoms with E-state index >= 15 is 0 Å². The van der Waals surface area contributed by atoms with Gasteiger partial charge in [0.1, 0.15) is 0 Å². The van der Waals surface area contributed by atoms with Crippen LogP contribution in [0.3, 0.4) is 0 Å². The van der Waals surface area contributed by atoms with Gasteiger partial charge in [-0.05, 0) is 45.0 Å². The number of nitrogens with one attached hydrogen (secondary N) is 1. The summed E-state index contributed by atoms with van der Waals surface area (Å²) in [4.78, 5) is 2.42. The number of hydrogen-bond donors (Lipinski definition) is 2. The maximum atomic E-state index is 6.03. The predicted molar refractivity (Wildman–Crippen MR) is 69.7 cm³/mol. The van der Waals surface area contributed by atoms with Crippen LogP contribution in [-0.2, 0) is 0 Å². The van der Waals surface area contributed by atoms with Crippen LogP contribution in [0.15, 0.2) is 18.2 Å². The Morgan fingerprint density at radius 1 is 1.50 bits per heavy atom. The van der Waals surface area contributed by atoms with E-state index in [1.165, 1.54) is 19.4 Å². The van der Waals surface area contributed by atoms with E-state index in [4.69, 9.17) is 5.73 Å². The second-order valence-corrected chi connectivity index (χ2v) is 4.69. The molecule has 3 heteroatoms. The van der Waals surface area contributed by atoms with E-state index < -0.39 is 0 Å². The average molecular weight is 219 g/mol. The number of nitrogen functional groups attached to an aromatic ring is 1. The Kier molecular flexibility index (Phi) is 3.34. The van der Waals surface area contributed by atoms with Gasteiger partial charge in [-0.25, -0.2) is 0 Å². The van der Waals surface area contributed by atoms with Crippen molar-refractivity contribution < 1.29 is 0 Å². The third kappa shape index (κ3) is 2.30. The second kappa shape index (κ2) is 4.74. The highest BCUT2D eigenvalue weighted by Crippen LogP contribution is 2.23. The molecule has 88 valence electrons. The standard InChI is InChI=1S/C13H21N3/c1-10-5-3-7-12(13(10)14)15-9-11-6-4-8-16(11)2/h3,5,7,11,15H,4,6,8-9,14H2,1-2H3. The zero-order chi connectivity index (χ0) is 11.5. The SMILES string of the molecule is Cc1cccc(NCC2CCCN2C)c1N. The van der Waals surface area contributed by atoms with Gasteiger partial charge in [0.15, 0.2) is 0 Å². The van der Waals surface area contributed by atoms with Crippen molar-refractivity contribution in [3.8, 4) is 0 Å². The summed E-state index contributed by atoms with van der Waals surface area (Å²) in [6, 6.07) is 6.80. The number of likely N-dealkylation sites (tertiary alicyclic amines) is 1. The first-order valence-corrected chi connectivity index (χ1v) is 5.97. The lowest BCUT2D eigenvalue weighted by atomic mass is 10.1. The molecule has 0 saturated carbocycles. The summed E-state index contributed by atoms with van der Waals surface area (Å²) < 4.78 is 0. The molecule has 2 rings (SSSR count). The number of nitrogens with zero attached hydrogens (tertiary/aromatic N) is 1. The highest BCUT2D eigenvalue weighted by atomic mass is 15.2. The van der Waals surface area contributed by atoms with Crippen LogP contribution in [0.4, 0.5) is 11.4 Å². The van der Waals surface area contributed by atoms with Crippen LogP contribution >= 0.6 is 0 Å². The van der Waals surface area contributed by atoms with Crippen molar-refractivity contribution in [3.63, 3.8) is 0 Å². The number of para-hydroxylation sites is 1. The van der Waals surface area contributed by atoms with Gasteiger partial charge in [0.05, 0.1) is 11.4 Å². The minimum Gasteiger partial charge on any atom is -0.397 e. The number of likely N-dealkylation sites (N-methyl/N-ethyl adjacent to an activating group) is 1. The Morgan fingerprint density at radius 2 is 2.31 bits per heavy atom. The van der Waals surface area contributed by atoms with Gasteiger partial charge in [-0.15, -0.1) is 0 Å². The first kappa shape index (κ1) is 11.3. The molecule has 1 heterocycles. The Hall–Kier alpha value is -1.22. The fourth-order valence-electron chi connectivity index (χ4n) is 2.30. The predicted octanol–water partition coefficient (Wildman–Crippen LogP) is 2.08. The number of nitrogens with two attached hydrogens (primary N) is 1. The Labute approximate surface area is 97.6 Å². The molecule has 1 aromatic rings. The van der Waals surface area contributed by atoms with E-state index in [2.05, 4.69) is 23.3 Å². The number of rotatable bonds is 3. The van der Waals surface area contributed by atoms with Crippen LogP contribution < -0.4 is 11.1 Å². The van der Waals surface area contributed by atoms with Crippen LogP contribution in [-0.4, -0.2) is 31.1 Å². The van der Waals surface area contributed by atoms with Gasteiger partial charge < -0.3 is 16.0 Å². The molecule has 0 bridgehead atoms. The summed E-state index contributed by atoms with van der Waals surface area (Å²) in [5.41, 5.74) is 9.12. The molecule has 1 unspecified atom stereocenters. The fourth-order valence-corrected chi connectivity index (χ4v) is 2.30. The van der Waals surface area contributed by atoms with Gasteiger partial charge in [0.2, 0.25) is 0 Å². The van der Waals surface area contributed by atoms with Crippen LogP contribution in [0.1, 0.15) is 18.4 Å². The van der Waals surface area contributed by atoms with Crippen molar-refractivity contribution >= 4 is 11.4 Å². The normalized spacial score (nSPS) is 21.2. The van der Waals surface area contributed by atoms with Crippen LogP contribution in [0, 0.1) is 6.92 Å². The van der Waals surface area contributed by atoms with E-state index in [9.17, 15) is 0 Å². The molecule has 0 aromatic heterocycles. The summed E-state index contributed by atoms with van der Waals surface area (Å²) in [5.74, 6) is 0. The fraction of sp³-hybridized carbons (Fsp3) is 0.538. The smallest absolute Gasteiger partial charge is 0.0579 e. The van der Waals surface area contributed by atoms with Crippen molar-refractivity contribution in [2.24, 2.45) is 0 Å². The largest absolute Gasteiger partial charge is 0.397 e. The molecule has 3 N–H and O–H groups in total. The molecule has 1 atom stereocenters. The lowest BCUT2D eigenvalue weighted by molar-refractivity contribution is 0.322. The molecule has 3 nitrogen and oxygen atoms in total. The lowest BCUT2D eigenvalue weighted by Crippen LogP contribution is -2.31. The zero-order valence-corrected chi connectivity index (χ0v) is 10.2. The van der Waals surface area contributed by atoms with E-state index in [1.807, 2.05) is 19.1 Å². The van der Waals surface area contributed by atoms with Crippen molar-refractivity contribution in [2.75, 3.05) is 31.2 Å². The number of benzene rings is 1. The third-order valence-electron chi connectivity index (χ3n) is 3.52. The van der Waals surface area contributed by atoms with Gasteiger partial charge in [-0.2, -0.15) is 0 Å². The van der Waals surface area contributed by atoms with Gasteiger partial charge in [0.25, 0.3) is 0 Å². The van der Waals surface area contributed by atoms with Gasteiger partial charge in [-0.3, -0.25) is 0 Å². The summed E-state index contributed by atoms with van der Waals surface area (Å²) in [7, 11) is 2.19. The maximum Gasteiger partial charge on any atom is 0.0579 e.